The van der Waals surface area contributed by atoms with Crippen molar-refractivity contribution in [3.8, 4) is 0 Å². The highest BCUT2D eigenvalue weighted by molar-refractivity contribution is 8.14. The van der Waals surface area contributed by atoms with Gasteiger partial charge in [0.1, 0.15) is 6.10 Å². The Labute approximate surface area is 167 Å². The van der Waals surface area contributed by atoms with Crippen LogP contribution in [-0.2, 0) is 14.3 Å². The van der Waals surface area contributed by atoms with Crippen molar-refractivity contribution in [2.45, 2.75) is 17.9 Å². The van der Waals surface area contributed by atoms with Gasteiger partial charge in [0.25, 0.3) is 15.8 Å². The van der Waals surface area contributed by atoms with E-state index in [2.05, 4.69) is 0 Å². The minimum atomic E-state index is -4.09. The van der Waals surface area contributed by atoms with Crippen LogP contribution in [0.1, 0.15) is 17.2 Å². The van der Waals surface area contributed by atoms with Crippen molar-refractivity contribution in [2.24, 2.45) is 0 Å². The van der Waals surface area contributed by atoms with Gasteiger partial charge in [0.05, 0.1) is 16.4 Å². The van der Waals surface area contributed by atoms with E-state index >= 15 is 0 Å². The normalized spacial score (nSPS) is 15.6. The number of hydrogen-bond acceptors (Lipinski definition) is 7. The van der Waals surface area contributed by atoms with Crippen molar-refractivity contribution in [3.63, 3.8) is 0 Å². The summed E-state index contributed by atoms with van der Waals surface area (Å²) < 4.78 is 31.0. The van der Waals surface area contributed by atoms with Crippen molar-refractivity contribution >= 4 is 32.7 Å². The molecule has 0 aromatic heterocycles. The molecule has 10 heteroatoms. The number of nitro benzene ring substituents is 1. The monoisotopic (exact) mass is 421 g/mol. The number of nitrogens with zero attached hydrogens (tertiary/aromatic N) is 2. The predicted molar refractivity (Wildman–Crippen MR) is 107 cm³/mol. The lowest BCUT2D eigenvalue weighted by atomic mass is 10.1. The molecule has 3 rings (SSSR count). The molecule has 0 spiro atoms. The van der Waals surface area contributed by atoms with Gasteiger partial charge < -0.3 is 4.90 Å². The lowest BCUT2D eigenvalue weighted by molar-refractivity contribution is -0.385. The quantitative estimate of drug-likeness (QED) is 0.414. The van der Waals surface area contributed by atoms with Crippen LogP contribution in [0.4, 0.5) is 5.69 Å². The molecule has 0 amide bonds. The van der Waals surface area contributed by atoms with Crippen LogP contribution in [0.25, 0.3) is 0 Å². The van der Waals surface area contributed by atoms with Gasteiger partial charge in [-0.1, -0.05) is 41.6 Å². The molecule has 1 N–H and O–H groups in total. The van der Waals surface area contributed by atoms with E-state index in [4.69, 9.17) is 9.59 Å². The number of amidine groups is 1. The highest BCUT2D eigenvalue weighted by Gasteiger charge is 2.29. The predicted octanol–water partition coefficient (Wildman–Crippen LogP) is 3.33. The van der Waals surface area contributed by atoms with Crippen LogP contribution in [-0.4, -0.2) is 42.3 Å². The molecule has 1 aliphatic rings. The fraction of sp³-hybridized carbons (Fsp3) is 0.278. The van der Waals surface area contributed by atoms with Gasteiger partial charge >= 0.3 is 0 Å². The molecule has 8 nitrogen and oxygen atoms in total. The molecule has 0 radical (unpaired) electrons. The molecule has 0 bridgehead atoms. The van der Waals surface area contributed by atoms with Gasteiger partial charge in [0.15, 0.2) is 5.17 Å². The summed E-state index contributed by atoms with van der Waals surface area (Å²) in [4.78, 5) is 12.3. The number of nitro groups is 1. The summed E-state index contributed by atoms with van der Waals surface area (Å²) in [5, 5.41) is 19.4. The number of hydrogen-bond donors (Lipinski definition) is 1. The summed E-state index contributed by atoms with van der Waals surface area (Å²) in [7, 11) is -4.09. The van der Waals surface area contributed by atoms with Crippen molar-refractivity contribution in [3.05, 3.63) is 69.8 Å². The van der Waals surface area contributed by atoms with E-state index in [1.54, 1.807) is 23.1 Å². The summed E-state index contributed by atoms with van der Waals surface area (Å²) in [6, 6.07) is 12.0. The van der Waals surface area contributed by atoms with Crippen LogP contribution in [0, 0.1) is 22.4 Å². The highest BCUT2D eigenvalue weighted by Crippen LogP contribution is 2.29. The maximum Gasteiger partial charge on any atom is 0.297 e. The highest BCUT2D eigenvalue weighted by atomic mass is 32.2. The Morgan fingerprint density at radius 1 is 1.29 bits per heavy atom. The molecule has 148 valence electrons. The van der Waals surface area contributed by atoms with E-state index in [0.29, 0.717) is 17.3 Å². The standard InChI is InChI=1S/C18H19N3O5S2/c1-13-5-7-16(8-6-13)28(24,25)26-17(12-20-9-10-27-18(20)19)14-3-2-4-15(11-14)21(22)23/h2-8,11,17,19H,9-10,12H2,1H3. The van der Waals surface area contributed by atoms with Gasteiger partial charge in [-0.25, -0.2) is 0 Å². The lowest BCUT2D eigenvalue weighted by Gasteiger charge is -2.24. The Balaban J connectivity index is 1.93. The van der Waals surface area contributed by atoms with Gasteiger partial charge in [-0.2, -0.15) is 8.42 Å². The maximum absolute atomic E-state index is 12.8. The fourth-order valence-corrected chi connectivity index (χ4v) is 4.67. The van der Waals surface area contributed by atoms with Crippen LogP contribution in [0.5, 0.6) is 0 Å². The second kappa shape index (κ2) is 8.29. The minimum absolute atomic E-state index is 0.0133. The second-order valence-electron chi connectivity index (χ2n) is 6.30. The number of nitrogens with one attached hydrogen (secondary N) is 1. The first-order valence-corrected chi connectivity index (χ1v) is 10.9. The first kappa shape index (κ1) is 20.3. The molecule has 1 aliphatic heterocycles. The summed E-state index contributed by atoms with van der Waals surface area (Å²) in [6.07, 6.45) is -0.981. The Hall–Kier alpha value is -2.43. The van der Waals surface area contributed by atoms with Gasteiger partial charge in [0.2, 0.25) is 0 Å². The van der Waals surface area contributed by atoms with E-state index in [1.165, 1.54) is 42.1 Å². The Morgan fingerprint density at radius 3 is 2.61 bits per heavy atom. The summed E-state index contributed by atoms with van der Waals surface area (Å²) in [6.45, 7) is 2.54. The van der Waals surface area contributed by atoms with Crippen LogP contribution in [0.2, 0.25) is 0 Å². The Morgan fingerprint density at radius 2 is 2.00 bits per heavy atom. The number of rotatable bonds is 7. The van der Waals surface area contributed by atoms with Crippen molar-refractivity contribution < 1.29 is 17.5 Å². The molecule has 2 aromatic carbocycles. The molecular weight excluding hydrogens is 402 g/mol. The SMILES string of the molecule is Cc1ccc(S(=O)(=O)OC(CN2CCSC2=N)c2cccc([N+](=O)[O-])c2)cc1. The third-order valence-electron chi connectivity index (χ3n) is 4.28. The average Bonchev–Trinajstić information content (AvgIpc) is 3.06. The van der Waals surface area contributed by atoms with Crippen molar-refractivity contribution in [1.29, 1.82) is 5.41 Å². The fourth-order valence-electron chi connectivity index (χ4n) is 2.76. The zero-order chi connectivity index (χ0) is 20.3. The van der Waals surface area contributed by atoms with E-state index in [9.17, 15) is 18.5 Å². The zero-order valence-electron chi connectivity index (χ0n) is 15.1. The average molecular weight is 422 g/mol. The van der Waals surface area contributed by atoms with Crippen LogP contribution < -0.4 is 0 Å². The van der Waals surface area contributed by atoms with E-state index < -0.39 is 21.1 Å². The third kappa shape index (κ3) is 4.70. The first-order chi connectivity index (χ1) is 13.3. The van der Waals surface area contributed by atoms with Gasteiger partial charge in [-0.15, -0.1) is 0 Å². The third-order valence-corrected chi connectivity index (χ3v) is 6.53. The summed E-state index contributed by atoms with van der Waals surface area (Å²) in [5.41, 5.74) is 1.14. The molecule has 0 aliphatic carbocycles. The molecular formula is C18H19N3O5S2. The van der Waals surface area contributed by atoms with E-state index in [0.717, 1.165) is 11.3 Å². The van der Waals surface area contributed by atoms with Gasteiger partial charge in [0, 0.05) is 24.4 Å². The number of aryl methyl sites for hydroxylation is 1. The van der Waals surface area contributed by atoms with E-state index in [-0.39, 0.29) is 17.1 Å². The Bertz CT molecular complexity index is 993. The van der Waals surface area contributed by atoms with Crippen molar-refractivity contribution in [2.75, 3.05) is 18.8 Å². The van der Waals surface area contributed by atoms with Gasteiger partial charge in [-0.05, 0) is 24.6 Å². The minimum Gasteiger partial charge on any atom is -0.348 e. The number of thioether (sulfide) groups is 1. The molecule has 0 saturated carbocycles. The van der Waals surface area contributed by atoms with Crippen LogP contribution >= 0.6 is 11.8 Å². The second-order valence-corrected chi connectivity index (χ2v) is 8.96. The lowest BCUT2D eigenvalue weighted by Crippen LogP contribution is -2.31. The van der Waals surface area contributed by atoms with Gasteiger partial charge in [-0.3, -0.25) is 19.7 Å². The summed E-state index contributed by atoms with van der Waals surface area (Å²) >= 11 is 1.36. The van der Waals surface area contributed by atoms with E-state index in [1.807, 2.05) is 6.92 Å². The smallest absolute Gasteiger partial charge is 0.297 e. The molecule has 1 saturated heterocycles. The topological polar surface area (TPSA) is 114 Å². The molecule has 1 fully saturated rings. The number of non-ortho nitro benzene ring substituents is 1. The zero-order valence-corrected chi connectivity index (χ0v) is 16.7. The molecule has 2 aromatic rings. The molecule has 1 atom stereocenters. The molecule has 1 unspecified atom stereocenters. The molecule has 1 heterocycles. The maximum atomic E-state index is 12.8. The Kier molecular flexibility index (Phi) is 6.01. The van der Waals surface area contributed by atoms with Crippen molar-refractivity contribution in [1.82, 2.24) is 4.90 Å². The summed E-state index contributed by atoms with van der Waals surface area (Å²) in [5.74, 6) is 0.727. The van der Waals surface area contributed by atoms with Crippen LogP contribution in [0.3, 0.4) is 0 Å². The molecule has 28 heavy (non-hydrogen) atoms. The largest absolute Gasteiger partial charge is 0.348 e. The number of benzene rings is 2. The van der Waals surface area contributed by atoms with Crippen LogP contribution in [0.15, 0.2) is 53.4 Å². The first-order valence-electron chi connectivity index (χ1n) is 8.47.